The van der Waals surface area contributed by atoms with Gasteiger partial charge in [0.15, 0.2) is 0 Å². The van der Waals surface area contributed by atoms with Gasteiger partial charge in [-0.05, 0) is 55.0 Å². The zero-order valence-electron chi connectivity index (χ0n) is 12.3. The molecule has 3 rings (SSSR count). The van der Waals surface area contributed by atoms with Crippen LogP contribution in [0.5, 0.6) is 0 Å². The first-order valence-corrected chi connectivity index (χ1v) is 7.46. The molecule has 1 aliphatic rings. The molecule has 1 heterocycles. The summed E-state index contributed by atoms with van der Waals surface area (Å²) in [6.07, 6.45) is 7.94. The van der Waals surface area contributed by atoms with Crippen molar-refractivity contribution in [2.75, 3.05) is 7.05 Å². The third-order valence-corrected chi connectivity index (χ3v) is 4.34. The van der Waals surface area contributed by atoms with Crippen molar-refractivity contribution in [2.24, 2.45) is 0 Å². The summed E-state index contributed by atoms with van der Waals surface area (Å²) >= 11 is 0. The van der Waals surface area contributed by atoms with Crippen molar-refractivity contribution >= 4 is 0 Å². The van der Waals surface area contributed by atoms with Crippen LogP contribution in [0.2, 0.25) is 0 Å². The van der Waals surface area contributed by atoms with E-state index >= 15 is 0 Å². The molecule has 0 aliphatic heterocycles. The smallest absolute Gasteiger partial charge is 0.0589 e. The van der Waals surface area contributed by atoms with Crippen LogP contribution in [-0.4, -0.2) is 12.0 Å². The van der Waals surface area contributed by atoms with E-state index in [0.29, 0.717) is 0 Å². The molecule has 1 saturated carbocycles. The summed E-state index contributed by atoms with van der Waals surface area (Å²) in [6.45, 7) is 2.09. The number of nitrogens with zero attached hydrogens (tertiary/aromatic N) is 1. The van der Waals surface area contributed by atoms with Crippen LogP contribution in [0.1, 0.15) is 53.5 Å². The fraction of sp³-hybridized carbons (Fsp3) is 0.389. The molecule has 0 spiro atoms. The van der Waals surface area contributed by atoms with Crippen LogP contribution in [-0.2, 0) is 0 Å². The molecule has 0 radical (unpaired) electrons. The van der Waals surface area contributed by atoms with Gasteiger partial charge in [0.1, 0.15) is 0 Å². The maximum atomic E-state index is 4.32. The van der Waals surface area contributed by atoms with Crippen LogP contribution in [0.3, 0.4) is 0 Å². The number of hydrogen-bond acceptors (Lipinski definition) is 2. The molecule has 104 valence electrons. The molecule has 2 nitrogen and oxygen atoms in total. The molecule has 1 aromatic heterocycles. The van der Waals surface area contributed by atoms with E-state index in [4.69, 9.17) is 0 Å². The molecule has 1 unspecified atom stereocenters. The third-order valence-electron chi connectivity index (χ3n) is 4.34. The number of pyridine rings is 1. The molecule has 1 N–H and O–H groups in total. The SMILES string of the molecule is CNC(c1cncc(C)c1)c1cccc(C2CCC2)c1. The molecule has 1 atom stereocenters. The van der Waals surface area contributed by atoms with Gasteiger partial charge in [-0.2, -0.15) is 0 Å². The molecule has 0 amide bonds. The lowest BCUT2D eigenvalue weighted by Crippen LogP contribution is -2.18. The highest BCUT2D eigenvalue weighted by molar-refractivity contribution is 5.35. The first-order valence-electron chi connectivity index (χ1n) is 7.46. The van der Waals surface area contributed by atoms with E-state index in [9.17, 15) is 0 Å². The fourth-order valence-corrected chi connectivity index (χ4v) is 3.00. The average Bonchev–Trinajstić information content (AvgIpc) is 2.38. The van der Waals surface area contributed by atoms with Gasteiger partial charge in [0.25, 0.3) is 0 Å². The Hall–Kier alpha value is -1.67. The molecular formula is C18H22N2. The largest absolute Gasteiger partial charge is 0.309 e. The summed E-state index contributed by atoms with van der Waals surface area (Å²) in [6, 6.07) is 11.5. The lowest BCUT2D eigenvalue weighted by Gasteiger charge is -2.27. The predicted octanol–water partition coefficient (Wildman–Crippen LogP) is 3.97. The van der Waals surface area contributed by atoms with Crippen LogP contribution < -0.4 is 5.32 Å². The van der Waals surface area contributed by atoms with Gasteiger partial charge in [0, 0.05) is 12.4 Å². The van der Waals surface area contributed by atoms with Crippen LogP contribution >= 0.6 is 0 Å². The summed E-state index contributed by atoms with van der Waals surface area (Å²) < 4.78 is 0. The summed E-state index contributed by atoms with van der Waals surface area (Å²) in [5, 5.41) is 3.42. The predicted molar refractivity (Wildman–Crippen MR) is 82.9 cm³/mol. The van der Waals surface area contributed by atoms with Gasteiger partial charge in [0.05, 0.1) is 6.04 Å². The van der Waals surface area contributed by atoms with Gasteiger partial charge >= 0.3 is 0 Å². The van der Waals surface area contributed by atoms with E-state index in [1.165, 1.54) is 41.5 Å². The minimum absolute atomic E-state index is 0.224. The standard InChI is InChI=1S/C18H22N2/c1-13-9-17(12-20-11-13)18(19-2)16-8-4-7-15(10-16)14-5-3-6-14/h4,7-12,14,18-19H,3,5-6H2,1-2H3. The van der Waals surface area contributed by atoms with Crippen LogP contribution in [0.25, 0.3) is 0 Å². The maximum Gasteiger partial charge on any atom is 0.0589 e. The van der Waals surface area contributed by atoms with E-state index < -0.39 is 0 Å². The van der Waals surface area contributed by atoms with Crippen LogP contribution in [0.15, 0.2) is 42.7 Å². The Kier molecular flexibility index (Phi) is 3.83. The lowest BCUT2D eigenvalue weighted by molar-refractivity contribution is 0.419. The highest BCUT2D eigenvalue weighted by Crippen LogP contribution is 2.37. The minimum atomic E-state index is 0.224. The highest BCUT2D eigenvalue weighted by atomic mass is 14.9. The molecule has 1 fully saturated rings. The minimum Gasteiger partial charge on any atom is -0.309 e. The topological polar surface area (TPSA) is 24.9 Å². The highest BCUT2D eigenvalue weighted by Gasteiger charge is 2.21. The zero-order valence-corrected chi connectivity index (χ0v) is 12.3. The zero-order chi connectivity index (χ0) is 13.9. The Morgan fingerprint density at radius 2 is 2.00 bits per heavy atom. The molecule has 1 aromatic carbocycles. The van der Waals surface area contributed by atoms with Crippen molar-refractivity contribution in [3.05, 3.63) is 65.0 Å². The number of nitrogens with one attached hydrogen (secondary N) is 1. The van der Waals surface area contributed by atoms with Crippen molar-refractivity contribution in [1.82, 2.24) is 10.3 Å². The molecule has 2 aromatic rings. The summed E-state index contributed by atoms with van der Waals surface area (Å²) in [7, 11) is 2.02. The number of aromatic nitrogens is 1. The lowest BCUT2D eigenvalue weighted by atomic mass is 9.79. The molecule has 2 heteroatoms. The van der Waals surface area contributed by atoms with E-state index in [1.807, 2.05) is 19.4 Å². The monoisotopic (exact) mass is 266 g/mol. The van der Waals surface area contributed by atoms with E-state index in [-0.39, 0.29) is 6.04 Å². The molecule has 0 saturated heterocycles. The normalized spacial score (nSPS) is 16.7. The van der Waals surface area contributed by atoms with E-state index in [0.717, 1.165) is 5.92 Å². The maximum absolute atomic E-state index is 4.32. The second-order valence-corrected chi connectivity index (χ2v) is 5.82. The molecular weight excluding hydrogens is 244 g/mol. The third kappa shape index (κ3) is 2.61. The summed E-state index contributed by atoms with van der Waals surface area (Å²) in [4.78, 5) is 4.32. The summed E-state index contributed by atoms with van der Waals surface area (Å²) in [5.41, 5.74) is 5.27. The van der Waals surface area contributed by atoms with Gasteiger partial charge in [-0.25, -0.2) is 0 Å². The van der Waals surface area contributed by atoms with Crippen molar-refractivity contribution in [2.45, 2.75) is 38.1 Å². The summed E-state index contributed by atoms with van der Waals surface area (Å²) in [5.74, 6) is 0.781. The Bertz CT molecular complexity index is 587. The Morgan fingerprint density at radius 1 is 1.15 bits per heavy atom. The first-order chi connectivity index (χ1) is 9.78. The van der Waals surface area contributed by atoms with Gasteiger partial charge in [0.2, 0.25) is 0 Å². The molecule has 20 heavy (non-hydrogen) atoms. The van der Waals surface area contributed by atoms with Crippen LogP contribution in [0, 0.1) is 6.92 Å². The quantitative estimate of drug-likeness (QED) is 0.906. The van der Waals surface area contributed by atoms with Crippen molar-refractivity contribution < 1.29 is 0 Å². The van der Waals surface area contributed by atoms with Crippen molar-refractivity contribution in [3.8, 4) is 0 Å². The van der Waals surface area contributed by atoms with E-state index in [2.05, 4.69) is 47.6 Å². The molecule has 0 bridgehead atoms. The number of hydrogen-bond donors (Lipinski definition) is 1. The Labute approximate surface area is 121 Å². The van der Waals surface area contributed by atoms with Crippen molar-refractivity contribution in [3.63, 3.8) is 0 Å². The van der Waals surface area contributed by atoms with Crippen LogP contribution in [0.4, 0.5) is 0 Å². The van der Waals surface area contributed by atoms with Gasteiger partial charge in [-0.15, -0.1) is 0 Å². The van der Waals surface area contributed by atoms with Gasteiger partial charge < -0.3 is 5.32 Å². The Balaban J connectivity index is 1.92. The van der Waals surface area contributed by atoms with Gasteiger partial charge in [-0.1, -0.05) is 36.8 Å². The van der Waals surface area contributed by atoms with E-state index in [1.54, 1.807) is 0 Å². The fourth-order valence-electron chi connectivity index (χ4n) is 3.00. The Morgan fingerprint density at radius 3 is 2.65 bits per heavy atom. The number of rotatable bonds is 4. The number of benzene rings is 1. The second kappa shape index (κ2) is 5.76. The second-order valence-electron chi connectivity index (χ2n) is 5.82. The number of aryl methyl sites for hydroxylation is 1. The molecule has 1 aliphatic carbocycles. The van der Waals surface area contributed by atoms with Crippen molar-refractivity contribution in [1.29, 1.82) is 0 Å². The first kappa shape index (κ1) is 13.3. The van der Waals surface area contributed by atoms with Gasteiger partial charge in [-0.3, -0.25) is 4.98 Å². The average molecular weight is 266 g/mol.